The van der Waals surface area contributed by atoms with Gasteiger partial charge in [-0.2, -0.15) is 0 Å². The fraction of sp³-hybridized carbons (Fsp3) is 0.138. The summed E-state index contributed by atoms with van der Waals surface area (Å²) in [6.07, 6.45) is 0. The molecule has 3 heterocycles. The molecule has 190 valence electrons. The molecule has 8 nitrogen and oxygen atoms in total. The number of carboxylic acids is 1. The number of benzene rings is 3. The summed E-state index contributed by atoms with van der Waals surface area (Å²) in [6, 6.07) is 20.8. The van der Waals surface area contributed by atoms with Gasteiger partial charge in [0.2, 0.25) is 0 Å². The van der Waals surface area contributed by atoms with Crippen molar-refractivity contribution in [1.29, 1.82) is 0 Å². The summed E-state index contributed by atoms with van der Waals surface area (Å²) in [4.78, 5) is 44.1. The number of fused-ring (bicyclic) bond motifs is 4. The highest BCUT2D eigenvalue weighted by atomic mass is 35.5. The molecule has 1 atom stereocenters. The van der Waals surface area contributed by atoms with E-state index in [4.69, 9.17) is 16.3 Å². The Balaban J connectivity index is 1.47. The van der Waals surface area contributed by atoms with E-state index in [0.717, 1.165) is 16.5 Å². The van der Waals surface area contributed by atoms with Crippen molar-refractivity contribution in [3.63, 3.8) is 0 Å². The number of H-pyrrole nitrogens is 1. The van der Waals surface area contributed by atoms with Gasteiger partial charge in [-0.15, -0.1) is 11.6 Å². The van der Waals surface area contributed by atoms with Gasteiger partial charge in [0.1, 0.15) is 17.1 Å². The molecule has 0 spiro atoms. The van der Waals surface area contributed by atoms with E-state index < -0.39 is 11.9 Å². The van der Waals surface area contributed by atoms with E-state index >= 15 is 0 Å². The van der Waals surface area contributed by atoms with Gasteiger partial charge in [-0.3, -0.25) is 14.2 Å². The zero-order valence-electron chi connectivity index (χ0n) is 20.3. The van der Waals surface area contributed by atoms with Gasteiger partial charge in [0.05, 0.1) is 12.6 Å². The molecule has 0 aliphatic carbocycles. The SMILES string of the molecule is COc1ccc2[nH]c(C(=O)N3CC(CCl)c4c3ccc3c4cc(C(=O)O)n3C(=O)c3ccccc3)cc2c1. The van der Waals surface area contributed by atoms with E-state index in [1.807, 2.05) is 18.2 Å². The fourth-order valence-corrected chi connectivity index (χ4v) is 5.52. The smallest absolute Gasteiger partial charge is 0.353 e. The van der Waals surface area contributed by atoms with Gasteiger partial charge in [0, 0.05) is 45.9 Å². The number of carbonyl (C=O) groups excluding carboxylic acids is 2. The monoisotopic (exact) mass is 527 g/mol. The van der Waals surface area contributed by atoms with Crippen molar-refractivity contribution in [3.8, 4) is 5.75 Å². The number of alkyl halides is 1. The number of carbonyl (C=O) groups is 3. The first-order valence-corrected chi connectivity index (χ1v) is 12.5. The van der Waals surface area contributed by atoms with Gasteiger partial charge < -0.3 is 19.7 Å². The van der Waals surface area contributed by atoms with Crippen molar-refractivity contribution >= 4 is 56.9 Å². The second-order valence-corrected chi connectivity index (χ2v) is 9.48. The van der Waals surface area contributed by atoms with Crippen molar-refractivity contribution in [3.05, 3.63) is 95.3 Å². The minimum absolute atomic E-state index is 0.148. The standard InChI is InChI=1S/C29H22ClN3O5/c1-38-19-7-8-21-17(11-19)12-22(31-21)28(35)32-15-18(14-30)26-20-13-25(29(36)37)33(23(20)9-10-24(26)32)27(34)16-5-3-2-4-6-16/h2-13,18,31H,14-15H2,1H3,(H,36,37). The van der Waals surface area contributed by atoms with Crippen LogP contribution >= 0.6 is 11.6 Å². The molecule has 0 saturated heterocycles. The van der Waals surface area contributed by atoms with Crippen LogP contribution in [0, 0.1) is 0 Å². The first-order chi connectivity index (χ1) is 18.4. The van der Waals surface area contributed by atoms with Crippen molar-refractivity contribution in [1.82, 2.24) is 9.55 Å². The molecule has 0 radical (unpaired) electrons. The average molecular weight is 528 g/mol. The Hall–Kier alpha value is -4.56. The number of rotatable bonds is 5. The predicted molar refractivity (Wildman–Crippen MR) is 145 cm³/mol. The Bertz CT molecular complexity index is 1750. The maximum absolute atomic E-state index is 13.7. The van der Waals surface area contributed by atoms with E-state index in [-0.39, 0.29) is 23.4 Å². The first-order valence-electron chi connectivity index (χ1n) is 12.0. The first kappa shape index (κ1) is 23.8. The van der Waals surface area contributed by atoms with Gasteiger partial charge in [-0.05, 0) is 60.2 Å². The molecular weight excluding hydrogens is 506 g/mol. The number of amides is 1. The second kappa shape index (κ2) is 9.08. The normalized spacial score (nSPS) is 14.7. The molecule has 6 rings (SSSR count). The largest absolute Gasteiger partial charge is 0.497 e. The third-order valence-electron chi connectivity index (χ3n) is 7.04. The molecule has 1 unspecified atom stereocenters. The number of anilines is 1. The van der Waals surface area contributed by atoms with E-state index in [2.05, 4.69) is 4.98 Å². The van der Waals surface area contributed by atoms with Crippen molar-refractivity contribution < 1.29 is 24.2 Å². The molecule has 0 fully saturated rings. The quantitative estimate of drug-likeness (QED) is 0.294. The molecule has 2 N–H and O–H groups in total. The summed E-state index contributed by atoms with van der Waals surface area (Å²) in [7, 11) is 1.59. The Morgan fingerprint density at radius 1 is 1.03 bits per heavy atom. The van der Waals surface area contributed by atoms with Crippen LogP contribution in [-0.4, -0.2) is 52.0 Å². The van der Waals surface area contributed by atoms with E-state index in [1.54, 1.807) is 60.5 Å². The summed E-state index contributed by atoms with van der Waals surface area (Å²) in [6.45, 7) is 0.329. The van der Waals surface area contributed by atoms with Crippen LogP contribution in [0.25, 0.3) is 21.8 Å². The van der Waals surface area contributed by atoms with Gasteiger partial charge in [0.25, 0.3) is 11.8 Å². The molecular formula is C29H22ClN3O5. The lowest BCUT2D eigenvalue weighted by Gasteiger charge is -2.17. The maximum Gasteiger partial charge on any atom is 0.353 e. The van der Waals surface area contributed by atoms with E-state index in [1.165, 1.54) is 10.6 Å². The molecule has 1 aliphatic heterocycles. The van der Waals surface area contributed by atoms with E-state index in [9.17, 15) is 19.5 Å². The average Bonchev–Trinajstić information content (AvgIpc) is 3.65. The number of methoxy groups -OCH3 is 1. The molecule has 1 aliphatic rings. The highest BCUT2D eigenvalue weighted by molar-refractivity contribution is 6.19. The Kier molecular flexibility index (Phi) is 5.69. The van der Waals surface area contributed by atoms with Gasteiger partial charge in [-0.1, -0.05) is 18.2 Å². The van der Waals surface area contributed by atoms with Crippen LogP contribution < -0.4 is 9.64 Å². The molecule has 0 saturated carbocycles. The number of carboxylic acid groups (broad SMARTS) is 1. The summed E-state index contributed by atoms with van der Waals surface area (Å²) in [5.41, 5.74) is 3.30. The number of ether oxygens (including phenoxy) is 1. The lowest BCUT2D eigenvalue weighted by atomic mass is 9.99. The topological polar surface area (TPSA) is 105 Å². The lowest BCUT2D eigenvalue weighted by Crippen LogP contribution is -2.30. The van der Waals surface area contributed by atoms with Crippen LogP contribution in [0.15, 0.2) is 72.8 Å². The predicted octanol–water partition coefficient (Wildman–Crippen LogP) is 5.50. The van der Waals surface area contributed by atoms with Crippen LogP contribution in [0.1, 0.15) is 42.8 Å². The summed E-state index contributed by atoms with van der Waals surface area (Å²) in [5.74, 6) is -1.23. The number of aromatic amines is 1. The number of aromatic nitrogens is 2. The third-order valence-corrected chi connectivity index (χ3v) is 7.41. The highest BCUT2D eigenvalue weighted by Crippen LogP contribution is 2.43. The van der Waals surface area contributed by atoms with Crippen LogP contribution in [-0.2, 0) is 0 Å². The molecule has 9 heteroatoms. The molecule has 3 aromatic carbocycles. The van der Waals surface area contributed by atoms with Crippen molar-refractivity contribution in [2.24, 2.45) is 0 Å². The molecule has 5 aromatic rings. The summed E-state index contributed by atoms with van der Waals surface area (Å²) >= 11 is 6.37. The number of halogens is 1. The minimum atomic E-state index is -1.22. The zero-order valence-corrected chi connectivity index (χ0v) is 21.0. The summed E-state index contributed by atoms with van der Waals surface area (Å²) < 4.78 is 6.51. The molecule has 1 amide bonds. The summed E-state index contributed by atoms with van der Waals surface area (Å²) in [5, 5.41) is 11.4. The molecule has 38 heavy (non-hydrogen) atoms. The van der Waals surface area contributed by atoms with E-state index in [0.29, 0.717) is 40.1 Å². The lowest BCUT2D eigenvalue weighted by molar-refractivity contribution is 0.0677. The third kappa shape index (κ3) is 3.64. The number of hydrogen-bond donors (Lipinski definition) is 2. The van der Waals surface area contributed by atoms with Crippen LogP contribution in [0.2, 0.25) is 0 Å². The Labute approximate surface area is 222 Å². The van der Waals surface area contributed by atoms with Crippen molar-refractivity contribution in [2.45, 2.75) is 5.92 Å². The van der Waals surface area contributed by atoms with Gasteiger partial charge in [-0.25, -0.2) is 4.79 Å². The fourth-order valence-electron chi connectivity index (χ4n) is 5.27. The van der Waals surface area contributed by atoms with Crippen LogP contribution in [0.4, 0.5) is 5.69 Å². The van der Waals surface area contributed by atoms with Crippen molar-refractivity contribution in [2.75, 3.05) is 24.4 Å². The Morgan fingerprint density at radius 3 is 2.53 bits per heavy atom. The van der Waals surface area contributed by atoms with Gasteiger partial charge in [0.15, 0.2) is 0 Å². The Morgan fingerprint density at radius 2 is 1.82 bits per heavy atom. The molecule has 0 bridgehead atoms. The second-order valence-electron chi connectivity index (χ2n) is 9.18. The van der Waals surface area contributed by atoms with Crippen LogP contribution in [0.5, 0.6) is 5.75 Å². The molecule has 2 aromatic heterocycles. The minimum Gasteiger partial charge on any atom is -0.497 e. The highest BCUT2D eigenvalue weighted by Gasteiger charge is 2.36. The number of hydrogen-bond acceptors (Lipinski definition) is 4. The number of nitrogens with zero attached hydrogens (tertiary/aromatic N) is 2. The number of nitrogens with one attached hydrogen (secondary N) is 1. The number of aromatic carboxylic acids is 1. The van der Waals surface area contributed by atoms with Gasteiger partial charge >= 0.3 is 5.97 Å². The van der Waals surface area contributed by atoms with Crippen LogP contribution in [0.3, 0.4) is 0 Å². The zero-order chi connectivity index (χ0) is 26.6. The maximum atomic E-state index is 13.7.